The van der Waals surface area contributed by atoms with Crippen molar-refractivity contribution in [3.8, 4) is 0 Å². The van der Waals surface area contributed by atoms with Crippen LogP contribution in [0, 0.1) is 5.82 Å². The zero-order valence-electron chi connectivity index (χ0n) is 12.1. The highest BCUT2D eigenvalue weighted by molar-refractivity contribution is 5.32. The molecule has 0 spiro atoms. The number of pyridine rings is 1. The second kappa shape index (κ2) is 4.75. The molecule has 1 nitrogen and oxygen atoms in total. The molecule has 17 heavy (non-hydrogen) atoms. The molecule has 1 heterocycles. The monoisotopic (exact) mass is 237 g/mol. The van der Waals surface area contributed by atoms with E-state index in [1.807, 2.05) is 13.8 Å². The summed E-state index contributed by atoms with van der Waals surface area (Å²) in [5.74, 6) is 0.251. The predicted molar refractivity (Wildman–Crippen MR) is 71.1 cm³/mol. The highest BCUT2D eigenvalue weighted by Gasteiger charge is 2.24. The van der Waals surface area contributed by atoms with Gasteiger partial charge in [0.25, 0.3) is 0 Å². The molecule has 0 fully saturated rings. The van der Waals surface area contributed by atoms with Gasteiger partial charge in [-0.3, -0.25) is 4.98 Å². The number of nitrogens with zero attached hydrogens (tertiary/aromatic N) is 1. The largest absolute Gasteiger partial charge is 0.254 e. The van der Waals surface area contributed by atoms with Crippen LogP contribution in [0.15, 0.2) is 6.07 Å². The fourth-order valence-corrected chi connectivity index (χ4v) is 1.96. The summed E-state index contributed by atoms with van der Waals surface area (Å²) >= 11 is 0. The van der Waals surface area contributed by atoms with Crippen molar-refractivity contribution in [3.05, 3.63) is 28.8 Å². The first-order chi connectivity index (χ1) is 7.64. The van der Waals surface area contributed by atoms with E-state index >= 15 is 0 Å². The summed E-state index contributed by atoms with van der Waals surface area (Å²) in [5, 5.41) is 0. The van der Waals surface area contributed by atoms with Gasteiger partial charge in [-0.15, -0.1) is 0 Å². The minimum absolute atomic E-state index is 0.0447. The number of aromatic nitrogens is 1. The van der Waals surface area contributed by atoms with Crippen LogP contribution in [0.3, 0.4) is 0 Å². The quantitative estimate of drug-likeness (QED) is 0.722. The van der Waals surface area contributed by atoms with Gasteiger partial charge in [-0.05, 0) is 23.5 Å². The van der Waals surface area contributed by atoms with Crippen molar-refractivity contribution in [2.45, 2.75) is 65.7 Å². The molecule has 0 aliphatic carbocycles. The number of halogens is 1. The molecule has 1 rings (SSSR count). The van der Waals surface area contributed by atoms with Gasteiger partial charge in [-0.2, -0.15) is 0 Å². The average molecular weight is 237 g/mol. The van der Waals surface area contributed by atoms with Gasteiger partial charge in [-0.1, -0.05) is 48.5 Å². The summed E-state index contributed by atoms with van der Waals surface area (Å²) in [4.78, 5) is 4.59. The fourth-order valence-electron chi connectivity index (χ4n) is 1.96. The summed E-state index contributed by atoms with van der Waals surface area (Å²) in [6, 6.07) is 1.67. The third-order valence-electron chi connectivity index (χ3n) is 2.91. The van der Waals surface area contributed by atoms with Crippen LogP contribution in [0.4, 0.5) is 4.39 Å². The van der Waals surface area contributed by atoms with Crippen LogP contribution < -0.4 is 0 Å². The van der Waals surface area contributed by atoms with E-state index in [-0.39, 0.29) is 17.2 Å². The number of rotatable bonds is 2. The Kier molecular flexibility index (Phi) is 3.95. The topological polar surface area (TPSA) is 12.9 Å². The summed E-state index contributed by atoms with van der Waals surface area (Å²) in [5.41, 5.74) is 2.59. The SMILES string of the molecule is CC(C)c1cc(F)c(C(C)C)nc1C(C)(C)C. The van der Waals surface area contributed by atoms with Gasteiger partial charge in [0.05, 0.1) is 5.69 Å². The van der Waals surface area contributed by atoms with Crippen molar-refractivity contribution in [1.82, 2.24) is 4.98 Å². The van der Waals surface area contributed by atoms with E-state index in [9.17, 15) is 4.39 Å². The standard InChI is InChI=1S/C15H24FN/c1-9(2)11-8-12(16)13(10(3)4)17-14(11)15(5,6)7/h8-10H,1-7H3. The van der Waals surface area contributed by atoms with Crippen molar-refractivity contribution >= 4 is 0 Å². The molecule has 2 heteroatoms. The Morgan fingerprint density at radius 2 is 1.59 bits per heavy atom. The van der Waals surface area contributed by atoms with Gasteiger partial charge < -0.3 is 0 Å². The van der Waals surface area contributed by atoms with E-state index in [2.05, 4.69) is 39.6 Å². The smallest absolute Gasteiger partial charge is 0.145 e. The second-order valence-electron chi connectivity index (χ2n) is 6.35. The number of hydrogen-bond donors (Lipinski definition) is 0. The van der Waals surface area contributed by atoms with Gasteiger partial charge in [-0.25, -0.2) is 4.39 Å². The Morgan fingerprint density at radius 1 is 1.06 bits per heavy atom. The van der Waals surface area contributed by atoms with Gasteiger partial charge in [0, 0.05) is 11.1 Å². The Balaban J connectivity index is 3.48. The zero-order chi connectivity index (χ0) is 13.4. The Bertz CT molecular complexity index is 400. The lowest BCUT2D eigenvalue weighted by molar-refractivity contribution is 0.524. The van der Waals surface area contributed by atoms with Crippen molar-refractivity contribution < 1.29 is 4.39 Å². The third-order valence-corrected chi connectivity index (χ3v) is 2.91. The van der Waals surface area contributed by atoms with Crippen LogP contribution in [-0.4, -0.2) is 4.98 Å². The van der Waals surface area contributed by atoms with Crippen molar-refractivity contribution in [1.29, 1.82) is 0 Å². The highest BCUT2D eigenvalue weighted by Crippen LogP contribution is 2.31. The second-order valence-corrected chi connectivity index (χ2v) is 6.35. The van der Waals surface area contributed by atoms with Crippen LogP contribution in [0.25, 0.3) is 0 Å². The average Bonchev–Trinajstić information content (AvgIpc) is 2.14. The van der Waals surface area contributed by atoms with Crippen LogP contribution in [0.5, 0.6) is 0 Å². The van der Waals surface area contributed by atoms with Crippen LogP contribution in [0.2, 0.25) is 0 Å². The van der Waals surface area contributed by atoms with Crippen LogP contribution in [-0.2, 0) is 5.41 Å². The van der Waals surface area contributed by atoms with Gasteiger partial charge in [0.15, 0.2) is 0 Å². The van der Waals surface area contributed by atoms with Gasteiger partial charge in [0.1, 0.15) is 5.82 Å². The molecular weight excluding hydrogens is 213 g/mol. The molecular formula is C15H24FN. The number of hydrogen-bond acceptors (Lipinski definition) is 1. The molecule has 0 bridgehead atoms. The van der Waals surface area contributed by atoms with E-state index in [1.54, 1.807) is 6.07 Å². The van der Waals surface area contributed by atoms with Crippen LogP contribution in [0.1, 0.15) is 77.3 Å². The molecule has 0 saturated heterocycles. The first-order valence-corrected chi connectivity index (χ1v) is 6.35. The zero-order valence-corrected chi connectivity index (χ0v) is 12.1. The van der Waals surface area contributed by atoms with Crippen molar-refractivity contribution in [2.24, 2.45) is 0 Å². The third kappa shape index (κ3) is 3.05. The molecule has 1 aromatic heterocycles. The minimum Gasteiger partial charge on any atom is -0.254 e. The summed E-state index contributed by atoms with van der Waals surface area (Å²) in [6.07, 6.45) is 0. The molecule has 0 amide bonds. The first-order valence-electron chi connectivity index (χ1n) is 6.35. The summed E-state index contributed by atoms with van der Waals surface area (Å²) in [7, 11) is 0. The minimum atomic E-state index is -0.170. The molecule has 96 valence electrons. The normalized spacial score (nSPS) is 12.6. The molecule has 0 radical (unpaired) electrons. The van der Waals surface area contributed by atoms with E-state index in [0.717, 1.165) is 11.3 Å². The van der Waals surface area contributed by atoms with Gasteiger partial charge >= 0.3 is 0 Å². The summed E-state index contributed by atoms with van der Waals surface area (Å²) < 4.78 is 14.0. The molecule has 0 saturated carbocycles. The molecule has 0 N–H and O–H groups in total. The van der Waals surface area contributed by atoms with Crippen molar-refractivity contribution in [3.63, 3.8) is 0 Å². The maximum absolute atomic E-state index is 14.0. The predicted octanol–water partition coefficient (Wildman–Crippen LogP) is 4.77. The maximum atomic E-state index is 14.0. The maximum Gasteiger partial charge on any atom is 0.145 e. The van der Waals surface area contributed by atoms with E-state index in [1.165, 1.54) is 0 Å². The fraction of sp³-hybridized carbons (Fsp3) is 0.667. The molecule has 0 aromatic carbocycles. The lowest BCUT2D eigenvalue weighted by atomic mass is 9.84. The lowest BCUT2D eigenvalue weighted by Crippen LogP contribution is -2.19. The highest BCUT2D eigenvalue weighted by atomic mass is 19.1. The molecule has 1 aromatic rings. The van der Waals surface area contributed by atoms with Gasteiger partial charge in [0.2, 0.25) is 0 Å². The Labute approximate surface area is 104 Å². The molecule has 0 aliphatic rings. The van der Waals surface area contributed by atoms with E-state index in [4.69, 9.17) is 0 Å². The Hall–Kier alpha value is -0.920. The first kappa shape index (κ1) is 14.1. The van der Waals surface area contributed by atoms with E-state index < -0.39 is 0 Å². The molecule has 0 aliphatic heterocycles. The molecule has 0 unspecified atom stereocenters. The van der Waals surface area contributed by atoms with Crippen molar-refractivity contribution in [2.75, 3.05) is 0 Å². The van der Waals surface area contributed by atoms with E-state index in [0.29, 0.717) is 11.6 Å². The summed E-state index contributed by atoms with van der Waals surface area (Å²) in [6.45, 7) is 14.5. The lowest BCUT2D eigenvalue weighted by Gasteiger charge is -2.25. The van der Waals surface area contributed by atoms with Crippen LogP contribution >= 0.6 is 0 Å². The Morgan fingerprint density at radius 3 is 1.94 bits per heavy atom. The molecule has 0 atom stereocenters.